The molecule has 0 saturated carbocycles. The lowest BCUT2D eigenvalue weighted by Crippen LogP contribution is -2.40. The number of H-pyrrole nitrogens is 1. The fourth-order valence-electron chi connectivity index (χ4n) is 3.96. The van der Waals surface area contributed by atoms with Crippen molar-refractivity contribution >= 4 is 11.8 Å². The predicted octanol–water partition coefficient (Wildman–Crippen LogP) is 2.40. The van der Waals surface area contributed by atoms with Crippen LogP contribution in [0, 0.1) is 13.8 Å². The van der Waals surface area contributed by atoms with Gasteiger partial charge in [-0.25, -0.2) is 4.98 Å². The number of hydrogen-bond donors (Lipinski definition) is 2. The molecule has 1 saturated heterocycles. The topological polar surface area (TPSA) is 113 Å². The third kappa shape index (κ3) is 4.36. The van der Waals surface area contributed by atoms with Gasteiger partial charge in [0.15, 0.2) is 5.82 Å². The number of aromatic amines is 1. The minimum absolute atomic E-state index is 0.0321. The van der Waals surface area contributed by atoms with Crippen LogP contribution in [0.4, 0.5) is 0 Å². The van der Waals surface area contributed by atoms with Gasteiger partial charge in [0, 0.05) is 25.3 Å². The Balaban J connectivity index is 1.62. The summed E-state index contributed by atoms with van der Waals surface area (Å²) in [6.07, 6.45) is 0.514. The van der Waals surface area contributed by atoms with Crippen LogP contribution in [0.15, 0.2) is 40.8 Å². The van der Waals surface area contributed by atoms with E-state index < -0.39 is 0 Å². The molecule has 162 valence electrons. The lowest BCUT2D eigenvalue weighted by molar-refractivity contribution is -0.125. The summed E-state index contributed by atoms with van der Waals surface area (Å²) >= 11 is 0. The van der Waals surface area contributed by atoms with E-state index in [0.717, 1.165) is 5.56 Å². The second kappa shape index (κ2) is 8.73. The standard InChI is InChI=1S/C22H25N5O4/c1-13-9-17(14(2)31-13)22(29)27-11-16(23-19(28)12-30-3)10-18(27)21-24-20(25-26-21)15-7-5-4-6-8-15/h4-9,16,18H,10-12H2,1-3H3,(H,23,28)(H,24,25,26)/t16-,18-/m0/s1. The summed E-state index contributed by atoms with van der Waals surface area (Å²) in [6, 6.07) is 10.8. The number of nitrogens with zero attached hydrogens (tertiary/aromatic N) is 3. The quantitative estimate of drug-likeness (QED) is 0.629. The lowest BCUT2D eigenvalue weighted by atomic mass is 10.1. The van der Waals surface area contributed by atoms with Crippen LogP contribution in [0.1, 0.15) is 40.2 Å². The van der Waals surface area contributed by atoms with Gasteiger partial charge in [-0.05, 0) is 26.3 Å². The number of benzene rings is 1. The van der Waals surface area contributed by atoms with E-state index in [-0.39, 0.29) is 30.5 Å². The summed E-state index contributed by atoms with van der Waals surface area (Å²) in [6.45, 7) is 3.90. The van der Waals surface area contributed by atoms with E-state index >= 15 is 0 Å². The van der Waals surface area contributed by atoms with Crippen molar-refractivity contribution in [3.63, 3.8) is 0 Å². The summed E-state index contributed by atoms with van der Waals surface area (Å²) in [5.74, 6) is 1.99. The highest BCUT2D eigenvalue weighted by molar-refractivity contribution is 5.96. The van der Waals surface area contributed by atoms with Crippen molar-refractivity contribution in [1.82, 2.24) is 25.4 Å². The average Bonchev–Trinajstić information content (AvgIpc) is 3.46. The van der Waals surface area contributed by atoms with Crippen molar-refractivity contribution in [2.45, 2.75) is 32.4 Å². The van der Waals surface area contributed by atoms with Crippen molar-refractivity contribution in [3.05, 3.63) is 59.3 Å². The van der Waals surface area contributed by atoms with Gasteiger partial charge in [-0.2, -0.15) is 5.10 Å². The molecule has 2 atom stereocenters. The van der Waals surface area contributed by atoms with Gasteiger partial charge in [0.25, 0.3) is 5.91 Å². The highest BCUT2D eigenvalue weighted by Crippen LogP contribution is 2.33. The molecule has 0 bridgehead atoms. The van der Waals surface area contributed by atoms with Crippen molar-refractivity contribution in [2.75, 3.05) is 20.3 Å². The van der Waals surface area contributed by atoms with Crippen LogP contribution in [0.2, 0.25) is 0 Å². The monoisotopic (exact) mass is 423 g/mol. The smallest absolute Gasteiger partial charge is 0.258 e. The number of nitrogens with one attached hydrogen (secondary N) is 2. The fraction of sp³-hybridized carbons (Fsp3) is 0.364. The number of hydrogen-bond acceptors (Lipinski definition) is 6. The SMILES string of the molecule is COCC(=O)N[C@H]1C[C@@H](c2nc(-c3ccccc3)n[nH]2)N(C(=O)c2cc(C)oc2C)C1. The molecule has 0 aliphatic carbocycles. The van der Waals surface area contributed by atoms with Crippen LogP contribution in [0.5, 0.6) is 0 Å². The number of amides is 2. The zero-order chi connectivity index (χ0) is 22.0. The number of ether oxygens (including phenoxy) is 1. The van der Waals surface area contributed by atoms with E-state index in [2.05, 4.69) is 20.5 Å². The number of rotatable bonds is 6. The van der Waals surface area contributed by atoms with Crippen LogP contribution in [0.3, 0.4) is 0 Å². The normalized spacial score (nSPS) is 18.4. The number of likely N-dealkylation sites (tertiary alicyclic amines) is 1. The average molecular weight is 423 g/mol. The molecule has 0 spiro atoms. The molecular formula is C22H25N5O4. The summed E-state index contributed by atoms with van der Waals surface area (Å²) in [5, 5.41) is 10.3. The summed E-state index contributed by atoms with van der Waals surface area (Å²) < 4.78 is 10.5. The number of methoxy groups -OCH3 is 1. The van der Waals surface area contributed by atoms with Gasteiger partial charge in [-0.15, -0.1) is 0 Å². The van der Waals surface area contributed by atoms with Gasteiger partial charge >= 0.3 is 0 Å². The van der Waals surface area contributed by atoms with Crippen LogP contribution in [-0.2, 0) is 9.53 Å². The summed E-state index contributed by atoms with van der Waals surface area (Å²) in [4.78, 5) is 31.8. The lowest BCUT2D eigenvalue weighted by Gasteiger charge is -2.22. The molecule has 0 unspecified atom stereocenters. The Labute approximate surface area is 179 Å². The first-order chi connectivity index (χ1) is 15.0. The number of furan rings is 1. The minimum Gasteiger partial charge on any atom is -0.466 e. The van der Waals surface area contributed by atoms with Gasteiger partial charge in [0.2, 0.25) is 5.91 Å². The Morgan fingerprint density at radius 3 is 2.74 bits per heavy atom. The summed E-state index contributed by atoms with van der Waals surface area (Å²) in [7, 11) is 1.47. The third-order valence-corrected chi connectivity index (χ3v) is 5.32. The second-order valence-corrected chi connectivity index (χ2v) is 7.64. The number of aryl methyl sites for hydroxylation is 2. The molecular weight excluding hydrogens is 398 g/mol. The molecule has 1 fully saturated rings. The highest BCUT2D eigenvalue weighted by Gasteiger charge is 2.40. The summed E-state index contributed by atoms with van der Waals surface area (Å²) in [5.41, 5.74) is 1.39. The van der Waals surface area contributed by atoms with Gasteiger partial charge in [-0.1, -0.05) is 30.3 Å². The van der Waals surface area contributed by atoms with Crippen LogP contribution in [0.25, 0.3) is 11.4 Å². The van der Waals surface area contributed by atoms with E-state index in [4.69, 9.17) is 9.15 Å². The Bertz CT molecular complexity index is 1070. The van der Waals surface area contributed by atoms with E-state index in [1.165, 1.54) is 7.11 Å². The van der Waals surface area contributed by atoms with Crippen molar-refractivity contribution < 1.29 is 18.7 Å². The molecule has 2 amide bonds. The first-order valence-electron chi connectivity index (χ1n) is 10.1. The zero-order valence-electron chi connectivity index (χ0n) is 17.7. The maximum atomic E-state index is 13.4. The molecule has 1 aliphatic rings. The number of carbonyl (C=O) groups is 2. The highest BCUT2D eigenvalue weighted by atomic mass is 16.5. The molecule has 3 aromatic rings. The molecule has 2 N–H and O–H groups in total. The maximum Gasteiger partial charge on any atom is 0.258 e. The molecule has 1 aromatic carbocycles. The Kier molecular flexibility index (Phi) is 5.85. The molecule has 4 rings (SSSR count). The second-order valence-electron chi connectivity index (χ2n) is 7.64. The van der Waals surface area contributed by atoms with Crippen LogP contribution >= 0.6 is 0 Å². The van der Waals surface area contributed by atoms with E-state index in [9.17, 15) is 9.59 Å². The zero-order valence-corrected chi connectivity index (χ0v) is 17.7. The van der Waals surface area contributed by atoms with E-state index in [1.54, 1.807) is 17.9 Å². The van der Waals surface area contributed by atoms with Gasteiger partial charge in [-0.3, -0.25) is 14.7 Å². The Morgan fingerprint density at radius 2 is 2.06 bits per heavy atom. The molecule has 3 heterocycles. The van der Waals surface area contributed by atoms with Crippen LogP contribution in [-0.4, -0.2) is 58.2 Å². The molecule has 0 radical (unpaired) electrons. The number of aromatic nitrogens is 3. The van der Waals surface area contributed by atoms with E-state index in [0.29, 0.717) is 41.7 Å². The van der Waals surface area contributed by atoms with Gasteiger partial charge < -0.3 is 19.4 Å². The molecule has 9 nitrogen and oxygen atoms in total. The van der Waals surface area contributed by atoms with Crippen molar-refractivity contribution in [3.8, 4) is 11.4 Å². The Morgan fingerprint density at radius 1 is 1.29 bits per heavy atom. The minimum atomic E-state index is -0.361. The molecule has 1 aliphatic heterocycles. The van der Waals surface area contributed by atoms with Crippen molar-refractivity contribution in [2.24, 2.45) is 0 Å². The predicted molar refractivity (Wildman–Crippen MR) is 112 cm³/mol. The number of carbonyl (C=O) groups excluding carboxylic acids is 2. The maximum absolute atomic E-state index is 13.4. The first-order valence-corrected chi connectivity index (χ1v) is 10.1. The van der Waals surface area contributed by atoms with Gasteiger partial charge in [0.05, 0.1) is 11.6 Å². The molecule has 31 heavy (non-hydrogen) atoms. The largest absolute Gasteiger partial charge is 0.466 e. The molecule has 2 aromatic heterocycles. The molecule has 9 heteroatoms. The Hall–Kier alpha value is -3.46. The van der Waals surface area contributed by atoms with Crippen LogP contribution < -0.4 is 5.32 Å². The van der Waals surface area contributed by atoms with E-state index in [1.807, 2.05) is 37.3 Å². The fourth-order valence-corrected chi connectivity index (χ4v) is 3.96. The third-order valence-electron chi connectivity index (χ3n) is 5.32. The first kappa shape index (κ1) is 20.8. The van der Waals surface area contributed by atoms with Crippen molar-refractivity contribution in [1.29, 1.82) is 0 Å². The van der Waals surface area contributed by atoms with Gasteiger partial charge in [0.1, 0.15) is 24.0 Å².